The van der Waals surface area contributed by atoms with E-state index in [0.29, 0.717) is 13.1 Å². The molecule has 1 aromatic heterocycles. The van der Waals surface area contributed by atoms with Gasteiger partial charge in [0, 0.05) is 13.1 Å². The number of nitrogens with one attached hydrogen (secondary N) is 2. The quantitative estimate of drug-likeness (QED) is 0.728. The van der Waals surface area contributed by atoms with Crippen LogP contribution in [0.3, 0.4) is 0 Å². The van der Waals surface area contributed by atoms with E-state index in [0.717, 1.165) is 36.6 Å². The van der Waals surface area contributed by atoms with Crippen molar-refractivity contribution in [3.05, 3.63) is 53.5 Å². The zero-order valence-corrected chi connectivity index (χ0v) is 16.9. The fourth-order valence-electron chi connectivity index (χ4n) is 3.79. The largest absolute Gasteiger partial charge is 0.496 e. The van der Waals surface area contributed by atoms with Crippen molar-refractivity contribution in [3.8, 4) is 5.75 Å². The molecular formula is C22H31N3O3. The Morgan fingerprint density at radius 1 is 1.21 bits per heavy atom. The molecule has 0 spiro atoms. The Kier molecular flexibility index (Phi) is 7.37. The number of hydrogen-bond donors (Lipinski definition) is 2. The first-order chi connectivity index (χ1) is 13.7. The predicted octanol–water partition coefficient (Wildman–Crippen LogP) is 3.67. The Morgan fingerprint density at radius 3 is 2.75 bits per heavy atom. The number of nitrogens with zero attached hydrogens (tertiary/aromatic N) is 1. The van der Waals surface area contributed by atoms with E-state index in [-0.39, 0.29) is 12.1 Å². The highest BCUT2D eigenvalue weighted by Crippen LogP contribution is 2.24. The highest BCUT2D eigenvalue weighted by Gasteiger charge is 2.24. The topological polar surface area (TPSA) is 66.7 Å². The summed E-state index contributed by atoms with van der Waals surface area (Å²) in [6, 6.07) is 9.92. The average Bonchev–Trinajstić information content (AvgIpc) is 3.24. The molecule has 2 amide bonds. The van der Waals surface area contributed by atoms with E-state index >= 15 is 0 Å². The van der Waals surface area contributed by atoms with Crippen LogP contribution in [0.5, 0.6) is 5.75 Å². The number of carbonyl (C=O) groups excluding carboxylic acids is 1. The first kappa shape index (κ1) is 20.3. The molecule has 1 atom stereocenters. The van der Waals surface area contributed by atoms with E-state index in [4.69, 9.17) is 9.15 Å². The van der Waals surface area contributed by atoms with E-state index in [1.165, 1.54) is 24.8 Å². The highest BCUT2D eigenvalue weighted by atomic mass is 16.5. The van der Waals surface area contributed by atoms with Crippen molar-refractivity contribution in [1.82, 2.24) is 15.5 Å². The summed E-state index contributed by atoms with van der Waals surface area (Å²) in [7, 11) is 1.67. The van der Waals surface area contributed by atoms with Gasteiger partial charge in [0.2, 0.25) is 0 Å². The molecule has 2 N–H and O–H groups in total. The molecule has 3 rings (SSSR count). The number of likely N-dealkylation sites (tertiary alicyclic amines) is 1. The third kappa shape index (κ3) is 5.52. The van der Waals surface area contributed by atoms with Gasteiger partial charge in [-0.2, -0.15) is 0 Å². The zero-order valence-electron chi connectivity index (χ0n) is 16.9. The normalized spacial score (nSPS) is 15.8. The maximum Gasteiger partial charge on any atom is 0.314 e. The molecule has 2 heterocycles. The van der Waals surface area contributed by atoms with Gasteiger partial charge in [0.25, 0.3) is 0 Å². The van der Waals surface area contributed by atoms with Gasteiger partial charge in [-0.1, -0.05) is 24.1 Å². The molecule has 0 saturated carbocycles. The van der Waals surface area contributed by atoms with E-state index in [1.807, 2.05) is 24.3 Å². The lowest BCUT2D eigenvalue weighted by molar-refractivity contribution is 0.143. The smallest absolute Gasteiger partial charge is 0.314 e. The van der Waals surface area contributed by atoms with Crippen LogP contribution in [0.4, 0.5) is 4.79 Å². The van der Waals surface area contributed by atoms with Gasteiger partial charge in [-0.25, -0.2) is 4.79 Å². The van der Waals surface area contributed by atoms with Crippen LogP contribution in [0, 0.1) is 6.92 Å². The average molecular weight is 386 g/mol. The fourth-order valence-corrected chi connectivity index (χ4v) is 3.79. The number of aryl methyl sites for hydroxylation is 1. The van der Waals surface area contributed by atoms with Crippen molar-refractivity contribution < 1.29 is 13.9 Å². The van der Waals surface area contributed by atoms with E-state index < -0.39 is 0 Å². The molecule has 1 aromatic carbocycles. The standard InChI is InChI=1S/C22H31N3O3/c1-17-8-9-20(27-2)18(15-17)10-11-23-22(26)24-16-19(21-7-6-14-28-21)25-12-4-3-5-13-25/h6-9,14-15,19H,3-5,10-13,16H2,1-2H3,(H2,23,24,26). The fraction of sp³-hybridized carbons (Fsp3) is 0.500. The van der Waals surface area contributed by atoms with Crippen LogP contribution < -0.4 is 15.4 Å². The van der Waals surface area contributed by atoms with Crippen molar-refractivity contribution >= 4 is 6.03 Å². The number of rotatable bonds is 8. The monoisotopic (exact) mass is 385 g/mol. The minimum absolute atomic E-state index is 0.0814. The zero-order chi connectivity index (χ0) is 19.8. The van der Waals surface area contributed by atoms with Crippen molar-refractivity contribution in [2.24, 2.45) is 0 Å². The second-order valence-electron chi connectivity index (χ2n) is 7.33. The second-order valence-corrected chi connectivity index (χ2v) is 7.33. The van der Waals surface area contributed by atoms with Gasteiger partial charge in [0.1, 0.15) is 11.5 Å². The minimum atomic E-state index is -0.153. The van der Waals surface area contributed by atoms with Crippen LogP contribution in [-0.2, 0) is 6.42 Å². The van der Waals surface area contributed by atoms with Crippen molar-refractivity contribution in [2.75, 3.05) is 33.3 Å². The lowest BCUT2D eigenvalue weighted by Crippen LogP contribution is -2.44. The summed E-state index contributed by atoms with van der Waals surface area (Å²) in [6.45, 7) is 5.23. The number of carbonyl (C=O) groups is 1. The molecule has 6 heteroatoms. The molecule has 0 radical (unpaired) electrons. The van der Waals surface area contributed by atoms with Gasteiger partial charge >= 0.3 is 6.03 Å². The molecule has 152 valence electrons. The van der Waals surface area contributed by atoms with Gasteiger partial charge in [0.05, 0.1) is 19.4 Å². The lowest BCUT2D eigenvalue weighted by Gasteiger charge is -2.33. The van der Waals surface area contributed by atoms with Crippen LogP contribution in [-0.4, -0.2) is 44.2 Å². The highest BCUT2D eigenvalue weighted by molar-refractivity contribution is 5.73. The van der Waals surface area contributed by atoms with Gasteiger partial charge in [-0.3, -0.25) is 4.90 Å². The van der Waals surface area contributed by atoms with Crippen LogP contribution in [0.2, 0.25) is 0 Å². The maximum absolute atomic E-state index is 12.3. The molecule has 0 aliphatic carbocycles. The summed E-state index contributed by atoms with van der Waals surface area (Å²) < 4.78 is 11.0. The summed E-state index contributed by atoms with van der Waals surface area (Å²) in [5.41, 5.74) is 2.28. The number of methoxy groups -OCH3 is 1. The maximum atomic E-state index is 12.3. The Morgan fingerprint density at radius 2 is 2.04 bits per heavy atom. The Bertz CT molecular complexity index is 739. The summed E-state index contributed by atoms with van der Waals surface area (Å²) in [5, 5.41) is 5.96. The molecule has 1 aliphatic heterocycles. The van der Waals surface area contributed by atoms with E-state index in [2.05, 4.69) is 28.5 Å². The number of benzene rings is 1. The summed E-state index contributed by atoms with van der Waals surface area (Å²) >= 11 is 0. The van der Waals surface area contributed by atoms with Crippen LogP contribution in [0.1, 0.15) is 42.2 Å². The number of amides is 2. The first-order valence-corrected chi connectivity index (χ1v) is 10.1. The minimum Gasteiger partial charge on any atom is -0.496 e. The number of urea groups is 1. The predicted molar refractivity (Wildman–Crippen MR) is 110 cm³/mol. The number of hydrogen-bond acceptors (Lipinski definition) is 4. The van der Waals surface area contributed by atoms with E-state index in [9.17, 15) is 4.79 Å². The van der Waals surface area contributed by atoms with Crippen molar-refractivity contribution in [3.63, 3.8) is 0 Å². The number of furan rings is 1. The van der Waals surface area contributed by atoms with E-state index in [1.54, 1.807) is 13.4 Å². The third-order valence-electron chi connectivity index (χ3n) is 5.27. The van der Waals surface area contributed by atoms with Gasteiger partial charge < -0.3 is 19.8 Å². The van der Waals surface area contributed by atoms with Gasteiger partial charge in [-0.05, 0) is 63.0 Å². The molecule has 2 aromatic rings. The first-order valence-electron chi connectivity index (χ1n) is 10.1. The molecule has 1 fully saturated rings. The molecule has 28 heavy (non-hydrogen) atoms. The number of ether oxygens (including phenoxy) is 1. The second kappa shape index (κ2) is 10.2. The van der Waals surface area contributed by atoms with Crippen LogP contribution >= 0.6 is 0 Å². The Balaban J connectivity index is 1.49. The van der Waals surface area contributed by atoms with Gasteiger partial charge in [0.15, 0.2) is 0 Å². The van der Waals surface area contributed by atoms with Crippen LogP contribution in [0.25, 0.3) is 0 Å². The molecule has 0 bridgehead atoms. The summed E-state index contributed by atoms with van der Waals surface area (Å²) in [5.74, 6) is 1.77. The lowest BCUT2D eigenvalue weighted by atomic mass is 10.1. The van der Waals surface area contributed by atoms with Crippen molar-refractivity contribution in [2.45, 2.75) is 38.6 Å². The number of piperidine rings is 1. The van der Waals surface area contributed by atoms with Crippen LogP contribution in [0.15, 0.2) is 41.0 Å². The van der Waals surface area contributed by atoms with Gasteiger partial charge in [-0.15, -0.1) is 0 Å². The molecule has 1 aliphatic rings. The third-order valence-corrected chi connectivity index (χ3v) is 5.27. The molecule has 6 nitrogen and oxygen atoms in total. The summed E-state index contributed by atoms with van der Waals surface area (Å²) in [4.78, 5) is 14.7. The molecule has 1 saturated heterocycles. The Hall–Kier alpha value is -2.47. The SMILES string of the molecule is COc1ccc(C)cc1CCNC(=O)NCC(c1ccco1)N1CCCCC1. The Labute approximate surface area is 167 Å². The summed E-state index contributed by atoms with van der Waals surface area (Å²) in [6.07, 6.45) is 6.09. The molecular weight excluding hydrogens is 354 g/mol. The van der Waals surface area contributed by atoms with Crippen molar-refractivity contribution in [1.29, 1.82) is 0 Å². The molecule has 1 unspecified atom stereocenters.